The molecule has 0 saturated carbocycles. The molecule has 5 heteroatoms. The van der Waals surface area contributed by atoms with Gasteiger partial charge in [0.15, 0.2) is 0 Å². The van der Waals surface area contributed by atoms with Crippen molar-refractivity contribution in [2.24, 2.45) is 5.73 Å². The topological polar surface area (TPSA) is 59.1 Å². The summed E-state index contributed by atoms with van der Waals surface area (Å²) in [5, 5.41) is 9.26. The lowest BCUT2D eigenvalue weighted by molar-refractivity contribution is 0.275. The van der Waals surface area contributed by atoms with Crippen LogP contribution in [0.2, 0.25) is 5.02 Å². The molecule has 0 aliphatic heterocycles. The monoisotopic (exact) mass is 264 g/mol. The van der Waals surface area contributed by atoms with Gasteiger partial charge in [0.1, 0.15) is 0 Å². The Hall–Kier alpha value is -0.160. The Morgan fingerprint density at radius 1 is 1.69 bits per heavy atom. The van der Waals surface area contributed by atoms with Crippen LogP contribution >= 0.6 is 27.5 Å². The maximum absolute atomic E-state index is 8.69. The number of hydrogen-bond donors (Lipinski definition) is 2. The molecule has 1 heterocycles. The average molecular weight is 266 g/mol. The van der Waals surface area contributed by atoms with Gasteiger partial charge in [0.05, 0.1) is 16.8 Å². The molecule has 13 heavy (non-hydrogen) atoms. The summed E-state index contributed by atoms with van der Waals surface area (Å²) in [5.74, 6) is 0. The van der Waals surface area contributed by atoms with Crippen LogP contribution in [0.4, 0.5) is 0 Å². The van der Waals surface area contributed by atoms with Gasteiger partial charge in [0, 0.05) is 17.3 Å². The lowest BCUT2D eigenvalue weighted by Crippen LogP contribution is -2.14. The van der Waals surface area contributed by atoms with Crippen LogP contribution in [0.1, 0.15) is 18.2 Å². The lowest BCUT2D eigenvalue weighted by Gasteiger charge is -2.10. The van der Waals surface area contributed by atoms with Crippen LogP contribution in [-0.2, 0) is 0 Å². The van der Waals surface area contributed by atoms with Crippen LogP contribution in [0.5, 0.6) is 0 Å². The van der Waals surface area contributed by atoms with Crippen LogP contribution in [-0.4, -0.2) is 16.7 Å². The molecule has 0 aliphatic carbocycles. The number of nitrogens with zero attached hydrogens (tertiary/aromatic N) is 1. The number of aliphatic hydroxyl groups excluding tert-OH is 1. The van der Waals surface area contributed by atoms with Gasteiger partial charge in [-0.3, -0.25) is 4.98 Å². The fourth-order valence-electron chi connectivity index (χ4n) is 0.974. The third kappa shape index (κ3) is 2.91. The molecule has 1 aromatic rings. The van der Waals surface area contributed by atoms with E-state index in [0.717, 1.165) is 10.2 Å². The molecule has 0 aliphatic rings. The summed E-state index contributed by atoms with van der Waals surface area (Å²) in [6.45, 7) is 0.0535. The summed E-state index contributed by atoms with van der Waals surface area (Å²) in [4.78, 5) is 4.08. The maximum Gasteiger partial charge on any atom is 0.0714 e. The fraction of sp³-hybridized carbons (Fsp3) is 0.375. The molecule has 1 atom stereocenters. The molecular formula is C8H10BrClN2O. The number of hydrogen-bond acceptors (Lipinski definition) is 3. The van der Waals surface area contributed by atoms with Gasteiger partial charge in [-0.1, -0.05) is 11.6 Å². The van der Waals surface area contributed by atoms with Crippen LogP contribution in [0.25, 0.3) is 0 Å². The molecule has 0 bridgehead atoms. The standard InChI is InChI=1S/C8H10BrClN2O/c9-6-3-5(10)4-12-8(6)7(11)1-2-13/h3-4,7,13H,1-2,11H2/t7-/m1/s1. The quantitative estimate of drug-likeness (QED) is 0.877. The number of halogens is 2. The molecule has 0 saturated heterocycles. The third-order valence-electron chi connectivity index (χ3n) is 1.63. The summed E-state index contributed by atoms with van der Waals surface area (Å²) in [5.41, 5.74) is 6.48. The Kier molecular flexibility index (Phi) is 4.12. The highest BCUT2D eigenvalue weighted by Gasteiger charge is 2.10. The minimum atomic E-state index is -0.253. The Morgan fingerprint density at radius 3 is 2.92 bits per heavy atom. The molecule has 0 fully saturated rings. The predicted octanol–water partition coefficient (Wildman–Crippen LogP) is 1.88. The van der Waals surface area contributed by atoms with E-state index in [0.29, 0.717) is 11.4 Å². The first-order valence-corrected chi connectivity index (χ1v) is 4.99. The van der Waals surface area contributed by atoms with Crippen molar-refractivity contribution in [1.82, 2.24) is 4.98 Å². The zero-order chi connectivity index (χ0) is 9.84. The zero-order valence-corrected chi connectivity index (χ0v) is 9.22. The van der Waals surface area contributed by atoms with Crippen LogP contribution < -0.4 is 5.73 Å². The summed E-state index contributed by atoms with van der Waals surface area (Å²) in [6.07, 6.45) is 2.03. The minimum Gasteiger partial charge on any atom is -0.396 e. The predicted molar refractivity (Wildman–Crippen MR) is 55.6 cm³/mol. The first-order valence-electron chi connectivity index (χ1n) is 3.82. The molecule has 3 nitrogen and oxygen atoms in total. The van der Waals surface area contributed by atoms with Crippen molar-refractivity contribution >= 4 is 27.5 Å². The lowest BCUT2D eigenvalue weighted by atomic mass is 10.1. The van der Waals surface area contributed by atoms with Crippen molar-refractivity contribution < 1.29 is 5.11 Å². The summed E-state index contributed by atoms with van der Waals surface area (Å²) < 4.78 is 0.779. The Balaban J connectivity index is 2.88. The van der Waals surface area contributed by atoms with Crippen LogP contribution in [0.15, 0.2) is 16.7 Å². The summed E-state index contributed by atoms with van der Waals surface area (Å²) >= 11 is 9.03. The highest BCUT2D eigenvalue weighted by atomic mass is 79.9. The number of nitrogens with two attached hydrogens (primary N) is 1. The largest absolute Gasteiger partial charge is 0.396 e. The first-order chi connectivity index (χ1) is 6.15. The minimum absolute atomic E-state index is 0.0535. The van der Waals surface area contributed by atoms with Gasteiger partial charge in [0.2, 0.25) is 0 Å². The Morgan fingerprint density at radius 2 is 2.38 bits per heavy atom. The maximum atomic E-state index is 8.69. The van der Waals surface area contributed by atoms with Gasteiger partial charge in [-0.25, -0.2) is 0 Å². The molecule has 0 radical (unpaired) electrons. The zero-order valence-electron chi connectivity index (χ0n) is 6.87. The van der Waals surface area contributed by atoms with Gasteiger partial charge in [0.25, 0.3) is 0 Å². The molecule has 0 spiro atoms. The fourth-order valence-corrected chi connectivity index (χ4v) is 1.91. The Labute approximate surface area is 90.1 Å². The summed E-state index contributed by atoms with van der Waals surface area (Å²) in [6, 6.07) is 1.48. The van der Waals surface area contributed by atoms with E-state index in [4.69, 9.17) is 22.4 Å². The molecule has 1 aromatic heterocycles. The second kappa shape index (κ2) is 4.91. The Bertz CT molecular complexity index is 295. The second-order valence-corrected chi connectivity index (χ2v) is 3.93. The first kappa shape index (κ1) is 10.9. The second-order valence-electron chi connectivity index (χ2n) is 2.64. The van der Waals surface area contributed by atoms with E-state index in [9.17, 15) is 0 Å². The number of aromatic nitrogens is 1. The molecule has 1 rings (SSSR count). The van der Waals surface area contributed by atoms with Gasteiger partial charge >= 0.3 is 0 Å². The van der Waals surface area contributed by atoms with Gasteiger partial charge in [-0.2, -0.15) is 0 Å². The van der Waals surface area contributed by atoms with Crippen molar-refractivity contribution in [2.45, 2.75) is 12.5 Å². The third-order valence-corrected chi connectivity index (χ3v) is 2.47. The van der Waals surface area contributed by atoms with Crippen molar-refractivity contribution in [3.05, 3.63) is 27.5 Å². The van der Waals surface area contributed by atoms with Crippen molar-refractivity contribution in [3.8, 4) is 0 Å². The molecule has 0 aromatic carbocycles. The van der Waals surface area contributed by atoms with Crippen molar-refractivity contribution in [1.29, 1.82) is 0 Å². The van der Waals surface area contributed by atoms with E-state index in [2.05, 4.69) is 20.9 Å². The number of rotatable bonds is 3. The molecule has 3 N–H and O–H groups in total. The van der Waals surface area contributed by atoms with E-state index in [1.165, 1.54) is 0 Å². The highest BCUT2D eigenvalue weighted by molar-refractivity contribution is 9.10. The van der Waals surface area contributed by atoms with Gasteiger partial charge in [-0.05, 0) is 28.4 Å². The molecule has 72 valence electrons. The average Bonchev–Trinajstić information content (AvgIpc) is 2.04. The smallest absolute Gasteiger partial charge is 0.0714 e. The molecule has 0 amide bonds. The molecular weight excluding hydrogens is 255 g/mol. The van der Waals surface area contributed by atoms with Crippen LogP contribution in [0, 0.1) is 0 Å². The van der Waals surface area contributed by atoms with E-state index in [-0.39, 0.29) is 12.6 Å². The van der Waals surface area contributed by atoms with Crippen molar-refractivity contribution in [3.63, 3.8) is 0 Å². The number of aliphatic hydroxyl groups is 1. The van der Waals surface area contributed by atoms with Gasteiger partial charge < -0.3 is 10.8 Å². The SMILES string of the molecule is N[C@H](CCO)c1ncc(Cl)cc1Br. The highest BCUT2D eigenvalue weighted by Crippen LogP contribution is 2.24. The van der Waals surface area contributed by atoms with E-state index in [1.807, 2.05) is 0 Å². The van der Waals surface area contributed by atoms with E-state index >= 15 is 0 Å². The van der Waals surface area contributed by atoms with Crippen LogP contribution in [0.3, 0.4) is 0 Å². The van der Waals surface area contributed by atoms with E-state index in [1.54, 1.807) is 12.3 Å². The molecule has 0 unspecified atom stereocenters. The van der Waals surface area contributed by atoms with E-state index < -0.39 is 0 Å². The van der Waals surface area contributed by atoms with Gasteiger partial charge in [-0.15, -0.1) is 0 Å². The van der Waals surface area contributed by atoms with Crippen molar-refractivity contribution in [2.75, 3.05) is 6.61 Å². The number of pyridine rings is 1. The normalized spacial score (nSPS) is 12.9. The summed E-state index contributed by atoms with van der Waals surface area (Å²) in [7, 11) is 0.